The van der Waals surface area contributed by atoms with Gasteiger partial charge in [0.05, 0.1) is 6.07 Å². The number of nitrogens with zero attached hydrogens (tertiary/aromatic N) is 1. The summed E-state index contributed by atoms with van der Waals surface area (Å²) in [6.45, 7) is 5.19. The second-order valence-electron chi connectivity index (χ2n) is 2.81. The van der Waals surface area contributed by atoms with E-state index >= 15 is 0 Å². The van der Waals surface area contributed by atoms with Crippen LogP contribution in [0.15, 0.2) is 0 Å². The number of nitriles is 1. The van der Waals surface area contributed by atoms with E-state index in [9.17, 15) is 0 Å². The fraction of sp³-hybridized carbons (Fsp3) is 0.857. The van der Waals surface area contributed by atoms with Gasteiger partial charge in [-0.1, -0.05) is 0 Å². The quantitative estimate of drug-likeness (QED) is 0.551. The Bertz CT molecular complexity index is 123. The molecule has 0 fully saturated rings. The van der Waals surface area contributed by atoms with E-state index in [-0.39, 0.29) is 0 Å². The topological polar surface area (TPSA) is 61.8 Å². The van der Waals surface area contributed by atoms with Crippen molar-refractivity contribution in [3.05, 3.63) is 0 Å². The molecule has 10 heavy (non-hydrogen) atoms. The lowest BCUT2D eigenvalue weighted by Gasteiger charge is -2.16. The summed E-state index contributed by atoms with van der Waals surface area (Å²) < 4.78 is 0. The molecule has 0 saturated heterocycles. The van der Waals surface area contributed by atoms with Gasteiger partial charge in [0, 0.05) is 0 Å². The largest absolute Gasteiger partial charge is 0.330 e. The van der Waals surface area contributed by atoms with E-state index in [4.69, 9.17) is 11.0 Å². The first-order valence-electron chi connectivity index (χ1n) is 3.49. The second kappa shape index (κ2) is 4.26. The molecule has 3 nitrogen and oxygen atoms in total. The van der Waals surface area contributed by atoms with Crippen LogP contribution in [0.5, 0.6) is 0 Å². The highest BCUT2D eigenvalue weighted by atomic mass is 14.9. The summed E-state index contributed by atoms with van der Waals surface area (Å²) in [5.74, 6) is 0. The van der Waals surface area contributed by atoms with Crippen LogP contribution in [0.25, 0.3) is 0 Å². The maximum Gasteiger partial charge on any atom is 0.101 e. The molecule has 0 radical (unpaired) electrons. The Hall–Kier alpha value is -0.590. The van der Waals surface area contributed by atoms with Gasteiger partial charge in [-0.3, -0.25) is 5.32 Å². The fourth-order valence-corrected chi connectivity index (χ4v) is 0.542. The van der Waals surface area contributed by atoms with Crippen molar-refractivity contribution in [3.8, 4) is 6.07 Å². The van der Waals surface area contributed by atoms with Crippen molar-refractivity contribution in [2.24, 2.45) is 5.73 Å². The minimum absolute atomic E-state index is 0.408. The first-order chi connectivity index (χ1) is 4.62. The van der Waals surface area contributed by atoms with Gasteiger partial charge >= 0.3 is 0 Å². The fourth-order valence-electron chi connectivity index (χ4n) is 0.542. The van der Waals surface area contributed by atoms with Gasteiger partial charge in [0.25, 0.3) is 0 Å². The molecule has 0 unspecified atom stereocenters. The summed E-state index contributed by atoms with van der Waals surface area (Å²) in [5, 5.41) is 11.6. The van der Waals surface area contributed by atoms with Crippen LogP contribution in [0.1, 0.15) is 20.3 Å². The van der Waals surface area contributed by atoms with Crippen LogP contribution >= 0.6 is 0 Å². The van der Waals surface area contributed by atoms with E-state index in [2.05, 4.69) is 11.4 Å². The lowest BCUT2D eigenvalue weighted by atomic mass is 10.1. The molecule has 0 spiro atoms. The summed E-state index contributed by atoms with van der Waals surface area (Å²) in [4.78, 5) is 0. The molecule has 0 aromatic carbocycles. The third kappa shape index (κ3) is 4.30. The van der Waals surface area contributed by atoms with E-state index < -0.39 is 5.54 Å². The van der Waals surface area contributed by atoms with E-state index in [1.54, 1.807) is 0 Å². The van der Waals surface area contributed by atoms with Crippen LogP contribution in [0.4, 0.5) is 0 Å². The molecular formula is C7H15N3. The number of nitrogens with one attached hydrogen (secondary N) is 1. The highest BCUT2D eigenvalue weighted by Crippen LogP contribution is 1.97. The monoisotopic (exact) mass is 141 g/mol. The zero-order valence-electron chi connectivity index (χ0n) is 6.65. The molecule has 0 atom stereocenters. The van der Waals surface area contributed by atoms with Gasteiger partial charge in [-0.05, 0) is 33.4 Å². The average Bonchev–Trinajstić information content (AvgIpc) is 1.89. The average molecular weight is 141 g/mol. The van der Waals surface area contributed by atoms with Crippen LogP contribution in [-0.2, 0) is 0 Å². The van der Waals surface area contributed by atoms with Crippen molar-refractivity contribution in [1.29, 1.82) is 5.26 Å². The number of rotatable bonds is 4. The molecule has 0 heterocycles. The van der Waals surface area contributed by atoms with E-state index in [0.29, 0.717) is 6.54 Å². The van der Waals surface area contributed by atoms with Crippen molar-refractivity contribution in [3.63, 3.8) is 0 Å². The molecule has 0 saturated carbocycles. The van der Waals surface area contributed by atoms with Gasteiger partial charge < -0.3 is 5.73 Å². The van der Waals surface area contributed by atoms with Crippen molar-refractivity contribution < 1.29 is 0 Å². The van der Waals surface area contributed by atoms with Crippen molar-refractivity contribution in [1.82, 2.24) is 5.32 Å². The molecule has 58 valence electrons. The highest BCUT2D eigenvalue weighted by molar-refractivity contribution is 4.99. The SMILES string of the molecule is CC(C)(C#N)NCCCN. The molecule has 0 amide bonds. The summed E-state index contributed by atoms with van der Waals surface area (Å²) in [5.41, 5.74) is 4.87. The Kier molecular flexibility index (Phi) is 4.01. The number of hydrogen-bond donors (Lipinski definition) is 2. The van der Waals surface area contributed by atoms with Crippen molar-refractivity contribution >= 4 is 0 Å². The minimum Gasteiger partial charge on any atom is -0.330 e. The maximum atomic E-state index is 8.55. The van der Waals surface area contributed by atoms with Crippen molar-refractivity contribution in [2.75, 3.05) is 13.1 Å². The Labute approximate surface area is 62.2 Å². The third-order valence-corrected chi connectivity index (χ3v) is 1.23. The van der Waals surface area contributed by atoms with E-state index in [1.165, 1.54) is 0 Å². The smallest absolute Gasteiger partial charge is 0.101 e. The maximum absolute atomic E-state index is 8.55. The predicted octanol–water partition coefficient (Wildman–Crippen LogP) is 0.227. The van der Waals surface area contributed by atoms with Crippen LogP contribution in [0.3, 0.4) is 0 Å². The Morgan fingerprint density at radius 1 is 1.60 bits per heavy atom. The molecule has 0 rings (SSSR count). The molecule has 0 aliphatic rings. The van der Waals surface area contributed by atoms with Crippen LogP contribution in [0, 0.1) is 11.3 Å². The Balaban J connectivity index is 3.40. The van der Waals surface area contributed by atoms with Gasteiger partial charge in [0.2, 0.25) is 0 Å². The lowest BCUT2D eigenvalue weighted by molar-refractivity contribution is 0.481. The molecule has 0 aromatic rings. The van der Waals surface area contributed by atoms with Gasteiger partial charge in [-0.2, -0.15) is 5.26 Å². The normalized spacial score (nSPS) is 11.0. The minimum atomic E-state index is -0.408. The Morgan fingerprint density at radius 2 is 2.20 bits per heavy atom. The molecule has 0 aliphatic carbocycles. The molecule has 3 N–H and O–H groups in total. The van der Waals surface area contributed by atoms with E-state index in [0.717, 1.165) is 13.0 Å². The van der Waals surface area contributed by atoms with Gasteiger partial charge in [-0.15, -0.1) is 0 Å². The van der Waals surface area contributed by atoms with Crippen LogP contribution in [0.2, 0.25) is 0 Å². The lowest BCUT2D eigenvalue weighted by Crippen LogP contribution is -2.38. The Morgan fingerprint density at radius 3 is 2.60 bits per heavy atom. The van der Waals surface area contributed by atoms with Crippen LogP contribution < -0.4 is 11.1 Å². The summed E-state index contributed by atoms with van der Waals surface area (Å²) in [7, 11) is 0. The van der Waals surface area contributed by atoms with Gasteiger partial charge in [0.1, 0.15) is 5.54 Å². The zero-order chi connectivity index (χ0) is 8.04. The summed E-state index contributed by atoms with van der Waals surface area (Å²) in [6, 6.07) is 2.15. The molecule has 0 aromatic heterocycles. The number of hydrogen-bond acceptors (Lipinski definition) is 3. The van der Waals surface area contributed by atoms with Crippen molar-refractivity contribution in [2.45, 2.75) is 25.8 Å². The molecule has 3 heteroatoms. The first kappa shape index (κ1) is 9.41. The molecular weight excluding hydrogens is 126 g/mol. The third-order valence-electron chi connectivity index (χ3n) is 1.23. The standard InChI is InChI=1S/C7H15N3/c1-7(2,6-9)10-5-3-4-8/h10H,3-5,8H2,1-2H3. The van der Waals surface area contributed by atoms with E-state index in [1.807, 2.05) is 13.8 Å². The highest BCUT2D eigenvalue weighted by Gasteiger charge is 2.13. The number of nitrogens with two attached hydrogens (primary N) is 1. The first-order valence-corrected chi connectivity index (χ1v) is 3.49. The summed E-state index contributed by atoms with van der Waals surface area (Å²) in [6.07, 6.45) is 0.922. The predicted molar refractivity (Wildman–Crippen MR) is 41.4 cm³/mol. The van der Waals surface area contributed by atoms with Gasteiger partial charge in [-0.25, -0.2) is 0 Å². The zero-order valence-corrected chi connectivity index (χ0v) is 6.65. The van der Waals surface area contributed by atoms with Crippen LogP contribution in [-0.4, -0.2) is 18.6 Å². The summed E-state index contributed by atoms with van der Waals surface area (Å²) >= 11 is 0. The molecule has 0 bridgehead atoms. The second-order valence-corrected chi connectivity index (χ2v) is 2.81. The van der Waals surface area contributed by atoms with Gasteiger partial charge in [0.15, 0.2) is 0 Å². The molecule has 0 aliphatic heterocycles.